The minimum atomic E-state index is 0.671. The quantitative estimate of drug-likeness (QED) is 0.714. The van der Waals surface area contributed by atoms with Crippen molar-refractivity contribution in [1.82, 2.24) is 19.5 Å². The lowest BCUT2D eigenvalue weighted by Gasteiger charge is -2.19. The molecule has 1 aliphatic heterocycles. The average Bonchev–Trinajstić information content (AvgIpc) is 3.22. The van der Waals surface area contributed by atoms with Crippen molar-refractivity contribution in [1.29, 1.82) is 0 Å². The molecule has 0 radical (unpaired) electrons. The third-order valence-corrected chi connectivity index (χ3v) is 5.09. The Morgan fingerprint density at radius 1 is 1.28 bits per heavy atom. The fourth-order valence-corrected chi connectivity index (χ4v) is 3.59. The summed E-state index contributed by atoms with van der Waals surface area (Å²) in [4.78, 5) is 7.07. The standard InChI is InChI=1S/C20H24N4O/c1-15-13-16(18-14-24-20(22-18)6-3-10-21-24)7-8-19(15)25-12-9-17-5-4-11-23(17)2/h3,6-8,10,13-14,17H,4-5,9,11-12H2,1-2H3. The summed E-state index contributed by atoms with van der Waals surface area (Å²) >= 11 is 0. The molecule has 1 fully saturated rings. The molecule has 0 bridgehead atoms. The molecule has 1 aliphatic rings. The van der Waals surface area contributed by atoms with Gasteiger partial charge in [-0.1, -0.05) is 0 Å². The van der Waals surface area contributed by atoms with Crippen molar-refractivity contribution >= 4 is 5.65 Å². The Labute approximate surface area is 148 Å². The Morgan fingerprint density at radius 3 is 2.96 bits per heavy atom. The van der Waals surface area contributed by atoms with E-state index in [9.17, 15) is 0 Å². The van der Waals surface area contributed by atoms with Gasteiger partial charge < -0.3 is 9.64 Å². The van der Waals surface area contributed by atoms with Crippen LogP contribution in [-0.2, 0) is 0 Å². The van der Waals surface area contributed by atoms with E-state index >= 15 is 0 Å². The smallest absolute Gasteiger partial charge is 0.154 e. The molecule has 0 spiro atoms. The van der Waals surface area contributed by atoms with Crippen LogP contribution in [0.4, 0.5) is 0 Å². The van der Waals surface area contributed by atoms with Gasteiger partial charge in [-0.15, -0.1) is 0 Å². The van der Waals surface area contributed by atoms with E-state index in [1.165, 1.54) is 19.4 Å². The monoisotopic (exact) mass is 336 g/mol. The van der Waals surface area contributed by atoms with Crippen molar-refractivity contribution in [2.45, 2.75) is 32.2 Å². The van der Waals surface area contributed by atoms with Crippen LogP contribution in [0.3, 0.4) is 0 Å². The van der Waals surface area contributed by atoms with Gasteiger partial charge in [0, 0.05) is 17.8 Å². The molecule has 0 amide bonds. The van der Waals surface area contributed by atoms with Crippen molar-refractivity contribution in [3.8, 4) is 17.0 Å². The van der Waals surface area contributed by atoms with Crippen LogP contribution in [0, 0.1) is 6.92 Å². The topological polar surface area (TPSA) is 42.7 Å². The first-order valence-corrected chi connectivity index (χ1v) is 8.95. The summed E-state index contributed by atoms with van der Waals surface area (Å²) < 4.78 is 7.83. The maximum atomic E-state index is 6.03. The molecule has 3 heterocycles. The van der Waals surface area contributed by atoms with E-state index in [4.69, 9.17) is 4.74 Å². The molecular formula is C20H24N4O. The predicted octanol–water partition coefficient (Wildman–Crippen LogP) is 3.57. The minimum absolute atomic E-state index is 0.671. The van der Waals surface area contributed by atoms with E-state index in [1.54, 1.807) is 10.7 Å². The Hall–Kier alpha value is -2.40. The van der Waals surface area contributed by atoms with E-state index in [0.29, 0.717) is 6.04 Å². The molecule has 2 aromatic heterocycles. The summed E-state index contributed by atoms with van der Waals surface area (Å²) in [7, 11) is 2.21. The van der Waals surface area contributed by atoms with Crippen LogP contribution >= 0.6 is 0 Å². The summed E-state index contributed by atoms with van der Waals surface area (Å²) in [6.07, 6.45) is 7.42. The van der Waals surface area contributed by atoms with Gasteiger partial charge in [-0.25, -0.2) is 9.50 Å². The lowest BCUT2D eigenvalue weighted by molar-refractivity contribution is 0.232. The lowest BCUT2D eigenvalue weighted by atomic mass is 10.1. The summed E-state index contributed by atoms with van der Waals surface area (Å²) in [5.74, 6) is 0.964. The lowest BCUT2D eigenvalue weighted by Crippen LogP contribution is -2.26. The van der Waals surface area contributed by atoms with E-state index in [-0.39, 0.29) is 0 Å². The SMILES string of the molecule is Cc1cc(-c2cn3ncccc3n2)ccc1OCCC1CCCN1C. The predicted molar refractivity (Wildman–Crippen MR) is 98.9 cm³/mol. The van der Waals surface area contributed by atoms with Crippen molar-refractivity contribution in [2.24, 2.45) is 0 Å². The highest BCUT2D eigenvalue weighted by molar-refractivity contribution is 5.64. The molecule has 5 nitrogen and oxygen atoms in total. The van der Waals surface area contributed by atoms with Crippen LogP contribution < -0.4 is 4.74 Å². The van der Waals surface area contributed by atoms with E-state index < -0.39 is 0 Å². The first-order chi connectivity index (χ1) is 12.2. The van der Waals surface area contributed by atoms with Crippen LogP contribution in [0.2, 0.25) is 0 Å². The normalized spacial score (nSPS) is 18.1. The average molecular weight is 336 g/mol. The Kier molecular flexibility index (Phi) is 4.40. The number of imidazole rings is 1. The van der Waals surface area contributed by atoms with Gasteiger partial charge in [0.2, 0.25) is 0 Å². The van der Waals surface area contributed by atoms with Gasteiger partial charge in [0.05, 0.1) is 18.5 Å². The van der Waals surface area contributed by atoms with Crippen LogP contribution in [0.5, 0.6) is 5.75 Å². The molecule has 4 rings (SSSR count). The highest BCUT2D eigenvalue weighted by atomic mass is 16.5. The Morgan fingerprint density at radius 2 is 2.20 bits per heavy atom. The number of aromatic nitrogens is 3. The molecule has 5 heteroatoms. The van der Waals surface area contributed by atoms with Gasteiger partial charge in [-0.3, -0.25) is 0 Å². The third-order valence-electron chi connectivity index (χ3n) is 5.09. The summed E-state index contributed by atoms with van der Waals surface area (Å²) in [6, 6.07) is 10.8. The maximum absolute atomic E-state index is 6.03. The zero-order valence-electron chi connectivity index (χ0n) is 14.9. The summed E-state index contributed by atoms with van der Waals surface area (Å²) in [5.41, 5.74) is 4.02. The minimum Gasteiger partial charge on any atom is -0.493 e. The zero-order chi connectivity index (χ0) is 17.2. The zero-order valence-corrected chi connectivity index (χ0v) is 14.9. The van der Waals surface area contributed by atoms with Gasteiger partial charge in [-0.05, 0) is 75.7 Å². The van der Waals surface area contributed by atoms with Crippen LogP contribution in [-0.4, -0.2) is 45.7 Å². The number of aryl methyl sites for hydroxylation is 1. The molecule has 25 heavy (non-hydrogen) atoms. The van der Waals surface area contributed by atoms with E-state index in [1.807, 2.05) is 18.3 Å². The van der Waals surface area contributed by atoms with Crippen molar-refractivity contribution < 1.29 is 4.74 Å². The van der Waals surface area contributed by atoms with Crippen molar-refractivity contribution in [3.63, 3.8) is 0 Å². The fourth-order valence-electron chi connectivity index (χ4n) is 3.59. The van der Waals surface area contributed by atoms with Gasteiger partial charge in [-0.2, -0.15) is 5.10 Å². The molecule has 3 aromatic rings. The van der Waals surface area contributed by atoms with Gasteiger partial charge in [0.15, 0.2) is 5.65 Å². The molecule has 1 atom stereocenters. The summed E-state index contributed by atoms with van der Waals surface area (Å²) in [6.45, 7) is 4.08. The van der Waals surface area contributed by atoms with Crippen LogP contribution in [0.25, 0.3) is 16.9 Å². The number of hydrogen-bond acceptors (Lipinski definition) is 4. The fraction of sp³-hybridized carbons (Fsp3) is 0.400. The third kappa shape index (κ3) is 3.37. The van der Waals surface area contributed by atoms with E-state index in [0.717, 1.165) is 41.2 Å². The first kappa shape index (κ1) is 16.1. The molecule has 0 saturated carbocycles. The number of nitrogens with zero attached hydrogens (tertiary/aromatic N) is 4. The maximum Gasteiger partial charge on any atom is 0.154 e. The molecule has 0 N–H and O–H groups in total. The van der Waals surface area contributed by atoms with Crippen LogP contribution in [0.1, 0.15) is 24.8 Å². The highest BCUT2D eigenvalue weighted by Gasteiger charge is 2.20. The highest BCUT2D eigenvalue weighted by Crippen LogP contribution is 2.26. The molecule has 130 valence electrons. The van der Waals surface area contributed by atoms with Crippen molar-refractivity contribution in [3.05, 3.63) is 48.3 Å². The Bertz CT molecular complexity index is 840. The molecular weight excluding hydrogens is 312 g/mol. The van der Waals surface area contributed by atoms with Crippen LogP contribution in [0.15, 0.2) is 42.7 Å². The van der Waals surface area contributed by atoms with Gasteiger partial charge in [0.25, 0.3) is 0 Å². The second-order valence-corrected chi connectivity index (χ2v) is 6.85. The van der Waals surface area contributed by atoms with Gasteiger partial charge >= 0.3 is 0 Å². The van der Waals surface area contributed by atoms with Gasteiger partial charge in [0.1, 0.15) is 5.75 Å². The molecule has 1 saturated heterocycles. The number of benzene rings is 1. The summed E-state index contributed by atoms with van der Waals surface area (Å²) in [5, 5.41) is 4.28. The Balaban J connectivity index is 1.45. The second-order valence-electron chi connectivity index (χ2n) is 6.85. The molecule has 1 unspecified atom stereocenters. The number of fused-ring (bicyclic) bond motifs is 1. The second kappa shape index (κ2) is 6.84. The molecule has 1 aromatic carbocycles. The van der Waals surface area contributed by atoms with E-state index in [2.05, 4.69) is 47.2 Å². The number of hydrogen-bond donors (Lipinski definition) is 0. The first-order valence-electron chi connectivity index (χ1n) is 8.95. The number of ether oxygens (including phenoxy) is 1. The van der Waals surface area contributed by atoms with Crippen molar-refractivity contribution in [2.75, 3.05) is 20.2 Å². The number of rotatable bonds is 5. The molecule has 0 aliphatic carbocycles. The largest absolute Gasteiger partial charge is 0.493 e. The number of likely N-dealkylation sites (tertiary alicyclic amines) is 1.